The van der Waals surface area contributed by atoms with E-state index in [1.165, 1.54) is 0 Å². The van der Waals surface area contributed by atoms with E-state index in [0.717, 1.165) is 0 Å². The normalized spacial score (nSPS) is 9.90. The minimum atomic E-state index is -2.78. The maximum Gasteiger partial charge on any atom is 0.119 e. The molecule has 0 atom stereocenters. The lowest BCUT2D eigenvalue weighted by Gasteiger charge is -2.29. The number of hydrogen-bond donors (Lipinski definition) is 0. The lowest BCUT2D eigenvalue weighted by molar-refractivity contribution is -0.310. The highest BCUT2D eigenvalue weighted by Gasteiger charge is 1.84. The average molecular weight is 156 g/mol. The Labute approximate surface area is 59.9 Å². The number of rotatable bonds is 2. The molecular formula is C6H5O3P-2. The van der Waals surface area contributed by atoms with Gasteiger partial charge in [0.25, 0.3) is 0 Å². The molecular weight excluding hydrogens is 151 g/mol. The van der Waals surface area contributed by atoms with Crippen LogP contribution in [0.3, 0.4) is 0 Å². The Balaban J connectivity index is 2.59. The van der Waals surface area contributed by atoms with Gasteiger partial charge in [0.15, 0.2) is 0 Å². The number of benzene rings is 1. The summed E-state index contributed by atoms with van der Waals surface area (Å²) in [5.74, 6) is 0.346. The molecule has 1 rings (SSSR count). The van der Waals surface area contributed by atoms with Crippen LogP contribution in [0.15, 0.2) is 30.3 Å². The van der Waals surface area contributed by atoms with Gasteiger partial charge in [-0.2, -0.15) is 0 Å². The minimum absolute atomic E-state index is 0.346. The van der Waals surface area contributed by atoms with E-state index in [1.807, 2.05) is 0 Å². The van der Waals surface area contributed by atoms with Gasteiger partial charge in [-0.25, -0.2) is 0 Å². The van der Waals surface area contributed by atoms with Crippen molar-refractivity contribution in [1.29, 1.82) is 0 Å². The van der Waals surface area contributed by atoms with Gasteiger partial charge in [0, 0.05) is 0 Å². The lowest BCUT2D eigenvalue weighted by atomic mass is 10.3. The van der Waals surface area contributed by atoms with Crippen molar-refractivity contribution in [3.63, 3.8) is 0 Å². The van der Waals surface area contributed by atoms with Crippen molar-refractivity contribution in [2.24, 2.45) is 0 Å². The standard InChI is InChI=1S/C6H5O3P/c7-10(8)9-6-4-2-1-3-5-6/h1-5H/q-2. The molecule has 0 aromatic heterocycles. The van der Waals surface area contributed by atoms with E-state index in [-0.39, 0.29) is 0 Å². The zero-order valence-electron chi connectivity index (χ0n) is 5.06. The average Bonchev–Trinajstić information content (AvgIpc) is 1.88. The van der Waals surface area contributed by atoms with E-state index in [0.29, 0.717) is 5.75 Å². The molecule has 0 bridgehead atoms. The molecule has 0 heterocycles. The summed E-state index contributed by atoms with van der Waals surface area (Å²) in [7, 11) is -2.78. The summed E-state index contributed by atoms with van der Waals surface area (Å²) >= 11 is 0. The van der Waals surface area contributed by atoms with Crippen molar-refractivity contribution in [2.75, 3.05) is 0 Å². The maximum atomic E-state index is 9.98. The first-order valence-corrected chi connectivity index (χ1v) is 3.76. The van der Waals surface area contributed by atoms with E-state index in [1.54, 1.807) is 30.3 Å². The summed E-state index contributed by atoms with van der Waals surface area (Å²) in [6.45, 7) is 0. The van der Waals surface area contributed by atoms with Gasteiger partial charge in [-0.1, -0.05) is 26.8 Å². The summed E-state index contributed by atoms with van der Waals surface area (Å²) in [6, 6.07) is 8.34. The summed E-state index contributed by atoms with van der Waals surface area (Å²) < 4.78 is 4.37. The van der Waals surface area contributed by atoms with Gasteiger partial charge >= 0.3 is 0 Å². The molecule has 0 unspecified atom stereocenters. The van der Waals surface area contributed by atoms with Gasteiger partial charge in [0.05, 0.1) is 0 Å². The Bertz CT molecular complexity index is 187. The van der Waals surface area contributed by atoms with Crippen LogP contribution in [0.4, 0.5) is 0 Å². The van der Waals surface area contributed by atoms with E-state index < -0.39 is 8.60 Å². The highest BCUT2D eigenvalue weighted by Crippen LogP contribution is 2.20. The van der Waals surface area contributed by atoms with Gasteiger partial charge in [0.2, 0.25) is 0 Å². The number of hydrogen-bond acceptors (Lipinski definition) is 3. The molecule has 3 nitrogen and oxygen atoms in total. The Kier molecular flexibility index (Phi) is 2.63. The Hall–Kier alpha value is -0.630. The van der Waals surface area contributed by atoms with E-state index in [9.17, 15) is 9.79 Å². The molecule has 0 aliphatic carbocycles. The molecule has 0 radical (unpaired) electrons. The highest BCUT2D eigenvalue weighted by molar-refractivity contribution is 7.36. The topological polar surface area (TPSA) is 55.3 Å². The van der Waals surface area contributed by atoms with Crippen molar-refractivity contribution >= 4 is 8.60 Å². The molecule has 0 fully saturated rings. The summed E-state index contributed by atoms with van der Waals surface area (Å²) in [4.78, 5) is 20.0. The summed E-state index contributed by atoms with van der Waals surface area (Å²) in [5, 5.41) is 0. The van der Waals surface area contributed by atoms with E-state index in [2.05, 4.69) is 4.52 Å². The van der Waals surface area contributed by atoms with Gasteiger partial charge in [-0.15, -0.1) is 0 Å². The van der Waals surface area contributed by atoms with Crippen LogP contribution in [0, 0.1) is 0 Å². The van der Waals surface area contributed by atoms with Gasteiger partial charge in [-0.3, -0.25) is 0 Å². The summed E-state index contributed by atoms with van der Waals surface area (Å²) in [6.07, 6.45) is 0. The van der Waals surface area contributed by atoms with Crippen LogP contribution in [0.2, 0.25) is 0 Å². The quantitative estimate of drug-likeness (QED) is 0.567. The van der Waals surface area contributed by atoms with Gasteiger partial charge in [-0.05, 0) is 12.1 Å². The molecule has 4 heteroatoms. The molecule has 0 aliphatic rings. The predicted octanol–water partition coefficient (Wildman–Crippen LogP) is 0.0129. The second-order valence-electron chi connectivity index (χ2n) is 1.63. The second-order valence-corrected chi connectivity index (χ2v) is 2.26. The largest absolute Gasteiger partial charge is 0.810 e. The molecule has 0 saturated carbocycles. The van der Waals surface area contributed by atoms with Crippen LogP contribution in [-0.2, 0) is 0 Å². The molecule has 0 amide bonds. The fraction of sp³-hybridized carbons (Fsp3) is 0. The van der Waals surface area contributed by atoms with Crippen LogP contribution in [0.5, 0.6) is 5.75 Å². The van der Waals surface area contributed by atoms with Crippen LogP contribution in [0.1, 0.15) is 0 Å². The zero-order chi connectivity index (χ0) is 7.40. The SMILES string of the molecule is [O-]P([O-])Oc1ccccc1. The molecule has 54 valence electrons. The third-order valence-electron chi connectivity index (χ3n) is 0.923. The lowest BCUT2D eigenvalue weighted by Crippen LogP contribution is -2.12. The predicted molar refractivity (Wildman–Crippen MR) is 34.0 cm³/mol. The molecule has 1 aromatic rings. The monoisotopic (exact) mass is 156 g/mol. The molecule has 1 aromatic carbocycles. The highest BCUT2D eigenvalue weighted by atomic mass is 31.2. The van der Waals surface area contributed by atoms with Crippen LogP contribution in [-0.4, -0.2) is 0 Å². The van der Waals surface area contributed by atoms with Gasteiger partial charge in [0.1, 0.15) is 5.75 Å². The number of para-hydroxylation sites is 1. The smallest absolute Gasteiger partial charge is 0.119 e. The van der Waals surface area contributed by atoms with Crippen molar-refractivity contribution in [2.45, 2.75) is 0 Å². The fourth-order valence-corrected chi connectivity index (χ4v) is 0.861. The van der Waals surface area contributed by atoms with E-state index >= 15 is 0 Å². The van der Waals surface area contributed by atoms with Crippen LogP contribution in [0.25, 0.3) is 0 Å². The van der Waals surface area contributed by atoms with Crippen LogP contribution < -0.4 is 14.3 Å². The third kappa shape index (κ3) is 2.31. The van der Waals surface area contributed by atoms with Crippen molar-refractivity contribution in [1.82, 2.24) is 0 Å². The zero-order valence-corrected chi connectivity index (χ0v) is 5.95. The van der Waals surface area contributed by atoms with E-state index in [4.69, 9.17) is 0 Å². The van der Waals surface area contributed by atoms with Crippen molar-refractivity contribution in [3.8, 4) is 5.75 Å². The molecule has 0 aliphatic heterocycles. The first kappa shape index (κ1) is 7.48. The second kappa shape index (κ2) is 3.52. The maximum absolute atomic E-state index is 9.98. The van der Waals surface area contributed by atoms with Crippen molar-refractivity contribution in [3.05, 3.63) is 30.3 Å². The van der Waals surface area contributed by atoms with Crippen LogP contribution >= 0.6 is 8.60 Å². The van der Waals surface area contributed by atoms with Gasteiger partial charge < -0.3 is 14.3 Å². The Morgan fingerprint density at radius 2 is 1.70 bits per heavy atom. The molecule has 10 heavy (non-hydrogen) atoms. The molecule has 0 spiro atoms. The minimum Gasteiger partial charge on any atom is -0.810 e. The fourth-order valence-electron chi connectivity index (χ4n) is 0.567. The third-order valence-corrected chi connectivity index (χ3v) is 1.28. The molecule has 0 N–H and O–H groups in total. The van der Waals surface area contributed by atoms with Crippen molar-refractivity contribution < 1.29 is 14.3 Å². The Morgan fingerprint density at radius 1 is 1.10 bits per heavy atom. The molecule has 0 saturated heterocycles. The first-order chi connectivity index (χ1) is 4.79. The Morgan fingerprint density at radius 3 is 2.20 bits per heavy atom. The first-order valence-electron chi connectivity index (χ1n) is 2.66. The summed E-state index contributed by atoms with van der Waals surface area (Å²) in [5.41, 5.74) is 0.